The van der Waals surface area contributed by atoms with Gasteiger partial charge in [0.25, 0.3) is 0 Å². The number of alkyl halides is 1. The van der Waals surface area contributed by atoms with E-state index in [0.29, 0.717) is 12.4 Å². The van der Waals surface area contributed by atoms with Crippen molar-refractivity contribution in [1.82, 2.24) is 0 Å². The quantitative estimate of drug-likeness (QED) is 0.877. The number of halogens is 1. The lowest BCUT2D eigenvalue weighted by Gasteiger charge is -2.10. The molecule has 0 saturated carbocycles. The molecule has 2 nitrogen and oxygen atoms in total. The van der Waals surface area contributed by atoms with Crippen molar-refractivity contribution in [1.29, 1.82) is 0 Å². The van der Waals surface area contributed by atoms with E-state index in [-0.39, 0.29) is 0 Å². The molecule has 18 heavy (non-hydrogen) atoms. The third-order valence-corrected chi connectivity index (χ3v) is 2.70. The van der Waals surface area contributed by atoms with E-state index >= 15 is 0 Å². The molecule has 0 amide bonds. The Kier molecular flexibility index (Phi) is 4.31. The average molecular weight is 245 g/mol. The molecule has 0 fully saturated rings. The van der Waals surface area contributed by atoms with E-state index in [2.05, 4.69) is 0 Å². The standard InChI is InChI=1S/C15H16FNO/c16-10-15(17)13-7-4-8-14(9-13)18-11-12-5-2-1-3-6-12/h1-9,15H,10-11,17H2/t15-/m0/s1. The van der Waals surface area contributed by atoms with Gasteiger partial charge in [0, 0.05) is 0 Å². The van der Waals surface area contributed by atoms with Gasteiger partial charge in [-0.15, -0.1) is 0 Å². The molecule has 0 aliphatic rings. The Labute approximate surface area is 106 Å². The highest BCUT2D eigenvalue weighted by Gasteiger charge is 2.06. The first-order valence-corrected chi connectivity index (χ1v) is 5.88. The normalized spacial score (nSPS) is 12.1. The number of hydrogen-bond acceptors (Lipinski definition) is 2. The van der Waals surface area contributed by atoms with E-state index < -0.39 is 12.7 Å². The summed E-state index contributed by atoms with van der Waals surface area (Å²) in [6, 6.07) is 16.6. The van der Waals surface area contributed by atoms with Crippen LogP contribution in [0.15, 0.2) is 54.6 Å². The van der Waals surface area contributed by atoms with Gasteiger partial charge in [-0.1, -0.05) is 42.5 Å². The lowest BCUT2D eigenvalue weighted by Crippen LogP contribution is -2.12. The maximum Gasteiger partial charge on any atom is 0.120 e. The Morgan fingerprint density at radius 2 is 1.83 bits per heavy atom. The van der Waals surface area contributed by atoms with Crippen LogP contribution in [0.2, 0.25) is 0 Å². The van der Waals surface area contributed by atoms with Gasteiger partial charge >= 0.3 is 0 Å². The lowest BCUT2D eigenvalue weighted by atomic mass is 10.1. The summed E-state index contributed by atoms with van der Waals surface area (Å²) in [7, 11) is 0. The van der Waals surface area contributed by atoms with Crippen molar-refractivity contribution in [2.45, 2.75) is 12.6 Å². The summed E-state index contributed by atoms with van der Waals surface area (Å²) in [5.41, 5.74) is 7.49. The molecule has 0 heterocycles. The molecule has 2 aromatic carbocycles. The molecule has 3 heteroatoms. The second kappa shape index (κ2) is 6.17. The van der Waals surface area contributed by atoms with E-state index in [9.17, 15) is 4.39 Å². The third kappa shape index (κ3) is 3.31. The van der Waals surface area contributed by atoms with Crippen LogP contribution in [0, 0.1) is 0 Å². The zero-order valence-electron chi connectivity index (χ0n) is 10.1. The van der Waals surface area contributed by atoms with E-state index in [4.69, 9.17) is 10.5 Å². The second-order valence-corrected chi connectivity index (χ2v) is 4.11. The summed E-state index contributed by atoms with van der Waals surface area (Å²) in [6.07, 6.45) is 0. The van der Waals surface area contributed by atoms with Crippen molar-refractivity contribution in [2.24, 2.45) is 5.73 Å². The Morgan fingerprint density at radius 1 is 1.06 bits per heavy atom. The van der Waals surface area contributed by atoms with Crippen LogP contribution in [0.3, 0.4) is 0 Å². The predicted octanol–water partition coefficient (Wildman–Crippen LogP) is 3.23. The first-order chi connectivity index (χ1) is 8.79. The van der Waals surface area contributed by atoms with E-state index in [1.807, 2.05) is 42.5 Å². The van der Waals surface area contributed by atoms with Crippen LogP contribution in [0.1, 0.15) is 17.2 Å². The van der Waals surface area contributed by atoms with Crippen molar-refractivity contribution >= 4 is 0 Å². The molecule has 1 atom stereocenters. The van der Waals surface area contributed by atoms with Gasteiger partial charge in [-0.25, -0.2) is 4.39 Å². The van der Waals surface area contributed by atoms with Crippen molar-refractivity contribution in [3.63, 3.8) is 0 Å². The molecule has 0 bridgehead atoms. The summed E-state index contributed by atoms with van der Waals surface area (Å²) < 4.78 is 18.1. The van der Waals surface area contributed by atoms with E-state index in [1.165, 1.54) is 0 Å². The topological polar surface area (TPSA) is 35.2 Å². The number of benzene rings is 2. The van der Waals surface area contributed by atoms with Gasteiger partial charge in [-0.2, -0.15) is 0 Å². The van der Waals surface area contributed by atoms with E-state index in [1.54, 1.807) is 12.1 Å². The van der Waals surface area contributed by atoms with E-state index in [0.717, 1.165) is 11.1 Å². The average Bonchev–Trinajstić information content (AvgIpc) is 2.45. The Bertz CT molecular complexity index is 487. The molecule has 2 aromatic rings. The van der Waals surface area contributed by atoms with Crippen LogP contribution < -0.4 is 10.5 Å². The van der Waals surface area contributed by atoms with Crippen LogP contribution in [0.5, 0.6) is 5.75 Å². The number of nitrogens with two attached hydrogens (primary N) is 1. The zero-order valence-corrected chi connectivity index (χ0v) is 10.1. The fraction of sp³-hybridized carbons (Fsp3) is 0.200. The minimum atomic E-state index is -0.578. The smallest absolute Gasteiger partial charge is 0.120 e. The van der Waals surface area contributed by atoms with Crippen LogP contribution in [0.25, 0.3) is 0 Å². The summed E-state index contributed by atoms with van der Waals surface area (Å²) >= 11 is 0. The number of ether oxygens (including phenoxy) is 1. The molecule has 0 aliphatic heterocycles. The number of rotatable bonds is 5. The molecule has 0 spiro atoms. The first kappa shape index (κ1) is 12.6. The van der Waals surface area contributed by atoms with Gasteiger partial charge in [0.05, 0.1) is 6.04 Å². The van der Waals surface area contributed by atoms with Gasteiger partial charge in [-0.05, 0) is 23.3 Å². The second-order valence-electron chi connectivity index (χ2n) is 4.11. The number of hydrogen-bond donors (Lipinski definition) is 1. The molecule has 2 rings (SSSR count). The molecular weight excluding hydrogens is 229 g/mol. The van der Waals surface area contributed by atoms with Crippen molar-refractivity contribution in [2.75, 3.05) is 6.67 Å². The van der Waals surface area contributed by atoms with Crippen molar-refractivity contribution in [3.05, 3.63) is 65.7 Å². The zero-order chi connectivity index (χ0) is 12.8. The Hall–Kier alpha value is -1.87. The van der Waals surface area contributed by atoms with Crippen LogP contribution >= 0.6 is 0 Å². The summed E-state index contributed by atoms with van der Waals surface area (Å²) in [5.74, 6) is 0.709. The molecule has 0 aliphatic carbocycles. The van der Waals surface area contributed by atoms with Gasteiger partial charge in [0.15, 0.2) is 0 Å². The molecule has 0 saturated heterocycles. The maximum atomic E-state index is 12.5. The Morgan fingerprint density at radius 3 is 2.56 bits per heavy atom. The minimum Gasteiger partial charge on any atom is -0.489 e. The Balaban J connectivity index is 2.01. The minimum absolute atomic E-state index is 0.495. The highest BCUT2D eigenvalue weighted by Crippen LogP contribution is 2.19. The van der Waals surface area contributed by atoms with Crippen LogP contribution in [-0.2, 0) is 6.61 Å². The molecule has 2 N–H and O–H groups in total. The van der Waals surface area contributed by atoms with Gasteiger partial charge in [-0.3, -0.25) is 0 Å². The van der Waals surface area contributed by atoms with Crippen molar-refractivity contribution in [3.8, 4) is 5.75 Å². The van der Waals surface area contributed by atoms with Crippen LogP contribution in [0.4, 0.5) is 4.39 Å². The monoisotopic (exact) mass is 245 g/mol. The largest absolute Gasteiger partial charge is 0.489 e. The fourth-order valence-corrected chi connectivity index (χ4v) is 1.66. The fourth-order valence-electron chi connectivity index (χ4n) is 1.66. The summed E-state index contributed by atoms with van der Waals surface area (Å²) in [4.78, 5) is 0. The van der Waals surface area contributed by atoms with Crippen molar-refractivity contribution < 1.29 is 9.13 Å². The highest BCUT2D eigenvalue weighted by atomic mass is 19.1. The summed E-state index contributed by atoms with van der Waals surface area (Å²) in [6.45, 7) is -0.0721. The van der Waals surface area contributed by atoms with Gasteiger partial charge < -0.3 is 10.5 Å². The molecular formula is C15H16FNO. The first-order valence-electron chi connectivity index (χ1n) is 5.88. The maximum absolute atomic E-state index is 12.5. The molecule has 0 unspecified atom stereocenters. The molecule has 0 radical (unpaired) electrons. The SMILES string of the molecule is N[C@@H](CF)c1cccc(OCc2ccccc2)c1. The lowest BCUT2D eigenvalue weighted by molar-refractivity contribution is 0.305. The molecule has 94 valence electrons. The predicted molar refractivity (Wildman–Crippen MR) is 70.1 cm³/mol. The molecule has 0 aromatic heterocycles. The summed E-state index contributed by atoms with van der Waals surface area (Å²) in [5, 5.41) is 0. The third-order valence-electron chi connectivity index (χ3n) is 2.70. The van der Waals surface area contributed by atoms with Gasteiger partial charge in [0.2, 0.25) is 0 Å². The van der Waals surface area contributed by atoms with Crippen LogP contribution in [-0.4, -0.2) is 6.67 Å². The highest BCUT2D eigenvalue weighted by molar-refractivity contribution is 5.30. The van der Waals surface area contributed by atoms with Gasteiger partial charge in [0.1, 0.15) is 19.0 Å².